The first kappa shape index (κ1) is 11.4. The van der Waals surface area contributed by atoms with Crippen LogP contribution < -0.4 is 5.32 Å². The molecule has 1 rings (SSSR count). The molecule has 0 aromatic rings. The molecule has 0 spiro atoms. The third-order valence-corrected chi connectivity index (χ3v) is 3.23. The maximum atomic E-state index is 11.6. The summed E-state index contributed by atoms with van der Waals surface area (Å²) in [5.41, 5.74) is 0. The van der Waals surface area contributed by atoms with E-state index in [-0.39, 0.29) is 24.4 Å². The van der Waals surface area contributed by atoms with Crippen molar-refractivity contribution in [2.45, 2.75) is 25.1 Å². The van der Waals surface area contributed by atoms with Crippen LogP contribution in [0.3, 0.4) is 0 Å². The molecule has 4 nitrogen and oxygen atoms in total. The highest BCUT2D eigenvalue weighted by Crippen LogP contribution is 2.10. The Labute approximate surface area is 88.4 Å². The van der Waals surface area contributed by atoms with Crippen LogP contribution in [0, 0.1) is 0 Å². The van der Waals surface area contributed by atoms with E-state index in [0.717, 1.165) is 0 Å². The fourth-order valence-electron chi connectivity index (χ4n) is 1.41. The first-order valence-electron chi connectivity index (χ1n) is 4.65. The minimum atomic E-state index is -0.370. The lowest BCUT2D eigenvalue weighted by atomic mass is 10.2. The van der Waals surface area contributed by atoms with E-state index in [9.17, 15) is 9.59 Å². The molecular formula is C9H16N2O2S. The van der Waals surface area contributed by atoms with Gasteiger partial charge in [-0.3, -0.25) is 9.59 Å². The molecule has 14 heavy (non-hydrogen) atoms. The van der Waals surface area contributed by atoms with Crippen molar-refractivity contribution >= 4 is 23.6 Å². The van der Waals surface area contributed by atoms with E-state index in [1.807, 2.05) is 6.26 Å². The lowest BCUT2D eigenvalue weighted by Crippen LogP contribution is -2.57. The number of rotatable bonds is 3. The highest BCUT2D eigenvalue weighted by molar-refractivity contribution is 7.99. The van der Waals surface area contributed by atoms with Gasteiger partial charge < -0.3 is 10.2 Å². The molecule has 0 saturated carbocycles. The number of amides is 2. The fourth-order valence-corrected chi connectivity index (χ4v) is 1.74. The lowest BCUT2D eigenvalue weighted by molar-refractivity contribution is -0.143. The monoisotopic (exact) mass is 216 g/mol. The quantitative estimate of drug-likeness (QED) is 0.727. The molecule has 5 heteroatoms. The second kappa shape index (κ2) is 4.68. The largest absolute Gasteiger partial charge is 0.343 e. The van der Waals surface area contributed by atoms with Crippen LogP contribution in [-0.4, -0.2) is 47.4 Å². The normalized spacial score (nSPS) is 24.8. The van der Waals surface area contributed by atoms with E-state index in [2.05, 4.69) is 12.2 Å². The molecule has 0 radical (unpaired) electrons. The van der Waals surface area contributed by atoms with Gasteiger partial charge in [0.2, 0.25) is 11.8 Å². The van der Waals surface area contributed by atoms with Crippen molar-refractivity contribution in [2.24, 2.45) is 0 Å². The molecule has 1 fully saturated rings. The summed E-state index contributed by atoms with van der Waals surface area (Å²) in [6.45, 7) is 4.62. The van der Waals surface area contributed by atoms with Crippen molar-refractivity contribution < 1.29 is 9.59 Å². The van der Waals surface area contributed by atoms with E-state index in [1.54, 1.807) is 23.6 Å². The Hall–Kier alpha value is -0.710. The Bertz CT molecular complexity index is 245. The van der Waals surface area contributed by atoms with Gasteiger partial charge in [0.25, 0.3) is 0 Å². The van der Waals surface area contributed by atoms with Gasteiger partial charge in [-0.25, -0.2) is 0 Å². The summed E-state index contributed by atoms with van der Waals surface area (Å²) in [6, 6.07) is -0.370. The van der Waals surface area contributed by atoms with Crippen molar-refractivity contribution in [3.05, 3.63) is 0 Å². The van der Waals surface area contributed by atoms with Gasteiger partial charge >= 0.3 is 0 Å². The van der Waals surface area contributed by atoms with E-state index in [1.165, 1.54) is 0 Å². The van der Waals surface area contributed by atoms with Crippen LogP contribution in [0.2, 0.25) is 0 Å². The highest BCUT2D eigenvalue weighted by Gasteiger charge is 2.29. The van der Waals surface area contributed by atoms with E-state index >= 15 is 0 Å². The zero-order valence-electron chi connectivity index (χ0n) is 8.74. The summed E-state index contributed by atoms with van der Waals surface area (Å²) in [4.78, 5) is 24.4. The first-order chi connectivity index (χ1) is 6.54. The second-order valence-electron chi connectivity index (χ2n) is 3.55. The molecule has 2 unspecified atom stereocenters. The predicted molar refractivity (Wildman–Crippen MR) is 57.2 cm³/mol. The average Bonchev–Trinajstić information content (AvgIpc) is 2.13. The zero-order chi connectivity index (χ0) is 10.7. The van der Waals surface area contributed by atoms with Gasteiger partial charge in [0.05, 0.1) is 6.54 Å². The molecule has 0 aliphatic carbocycles. The predicted octanol–water partition coefficient (Wildman–Crippen LogP) is 0.0848. The number of hydrogen-bond acceptors (Lipinski definition) is 3. The number of carbonyl (C=O) groups excluding carboxylic acids is 2. The van der Waals surface area contributed by atoms with E-state index in [4.69, 9.17) is 0 Å². The Morgan fingerprint density at radius 3 is 2.86 bits per heavy atom. The Morgan fingerprint density at radius 2 is 2.29 bits per heavy atom. The maximum Gasteiger partial charge on any atom is 0.245 e. The molecule has 80 valence electrons. The zero-order valence-corrected chi connectivity index (χ0v) is 9.56. The molecular weight excluding hydrogens is 200 g/mol. The number of hydrogen-bond donors (Lipinski definition) is 1. The van der Waals surface area contributed by atoms with Crippen LogP contribution >= 0.6 is 11.8 Å². The fraction of sp³-hybridized carbons (Fsp3) is 0.778. The van der Waals surface area contributed by atoms with E-state index < -0.39 is 0 Å². The summed E-state index contributed by atoms with van der Waals surface area (Å²) in [5, 5.41) is 2.99. The second-order valence-corrected chi connectivity index (χ2v) is 4.83. The maximum absolute atomic E-state index is 11.6. The smallest absolute Gasteiger partial charge is 0.245 e. The summed E-state index contributed by atoms with van der Waals surface area (Å²) in [7, 11) is 0. The van der Waals surface area contributed by atoms with Gasteiger partial charge in [-0.15, -0.1) is 0 Å². The van der Waals surface area contributed by atoms with Gasteiger partial charge in [-0.05, 0) is 13.2 Å². The summed E-state index contributed by atoms with van der Waals surface area (Å²) in [6.07, 6.45) is 2.00. The van der Waals surface area contributed by atoms with Crippen molar-refractivity contribution in [3.63, 3.8) is 0 Å². The molecule has 1 aliphatic rings. The van der Waals surface area contributed by atoms with Crippen LogP contribution in [0.25, 0.3) is 0 Å². The van der Waals surface area contributed by atoms with Crippen LogP contribution in [-0.2, 0) is 9.59 Å². The molecule has 0 aromatic heterocycles. The van der Waals surface area contributed by atoms with Crippen LogP contribution in [0.5, 0.6) is 0 Å². The molecule has 2 amide bonds. The topological polar surface area (TPSA) is 49.4 Å². The number of nitrogens with one attached hydrogen (secondary N) is 1. The summed E-state index contributed by atoms with van der Waals surface area (Å²) >= 11 is 1.70. The summed E-state index contributed by atoms with van der Waals surface area (Å²) in [5.74, 6) is -0.0455. The molecule has 1 heterocycles. The third kappa shape index (κ3) is 2.64. The Balaban J connectivity index is 2.58. The number of nitrogens with zero attached hydrogens (tertiary/aromatic N) is 1. The number of carbonyl (C=O) groups is 2. The van der Waals surface area contributed by atoms with Gasteiger partial charge in [0, 0.05) is 11.8 Å². The standard InChI is InChI=1S/C9H16N2O2S/c1-6(14-3)4-11-5-8(12)10-7(2)9(11)13/h6-7H,4-5H2,1-3H3,(H,10,12). The summed E-state index contributed by atoms with van der Waals surface area (Å²) < 4.78 is 0. The van der Waals surface area contributed by atoms with Crippen molar-refractivity contribution in [1.29, 1.82) is 0 Å². The Kier molecular flexibility index (Phi) is 3.80. The van der Waals surface area contributed by atoms with Crippen molar-refractivity contribution in [2.75, 3.05) is 19.3 Å². The molecule has 1 aliphatic heterocycles. The molecule has 0 aromatic carbocycles. The minimum absolute atomic E-state index is 0.0190. The van der Waals surface area contributed by atoms with Crippen molar-refractivity contribution in [1.82, 2.24) is 10.2 Å². The third-order valence-electron chi connectivity index (χ3n) is 2.27. The number of thioether (sulfide) groups is 1. The number of piperazine rings is 1. The Morgan fingerprint density at radius 1 is 1.64 bits per heavy atom. The van der Waals surface area contributed by atoms with Gasteiger partial charge in [-0.2, -0.15) is 11.8 Å². The lowest BCUT2D eigenvalue weighted by Gasteiger charge is -2.32. The van der Waals surface area contributed by atoms with Crippen LogP contribution in [0.1, 0.15) is 13.8 Å². The SMILES string of the molecule is CSC(C)CN1CC(=O)NC(C)C1=O. The first-order valence-corrected chi connectivity index (χ1v) is 5.94. The van der Waals surface area contributed by atoms with Gasteiger partial charge in [-0.1, -0.05) is 6.92 Å². The van der Waals surface area contributed by atoms with Gasteiger partial charge in [0.1, 0.15) is 6.04 Å². The molecule has 0 bridgehead atoms. The van der Waals surface area contributed by atoms with E-state index in [0.29, 0.717) is 11.8 Å². The highest BCUT2D eigenvalue weighted by atomic mass is 32.2. The molecule has 2 atom stereocenters. The van der Waals surface area contributed by atoms with Crippen LogP contribution in [0.15, 0.2) is 0 Å². The van der Waals surface area contributed by atoms with Crippen molar-refractivity contribution in [3.8, 4) is 0 Å². The minimum Gasteiger partial charge on any atom is -0.343 e. The van der Waals surface area contributed by atoms with Gasteiger partial charge in [0.15, 0.2) is 0 Å². The molecule has 1 N–H and O–H groups in total. The van der Waals surface area contributed by atoms with Crippen LogP contribution in [0.4, 0.5) is 0 Å². The average molecular weight is 216 g/mol. The molecule has 1 saturated heterocycles.